The van der Waals surface area contributed by atoms with Gasteiger partial charge in [0.1, 0.15) is 6.04 Å². The van der Waals surface area contributed by atoms with Crippen LogP contribution in [0.25, 0.3) is 11.3 Å². The summed E-state index contributed by atoms with van der Waals surface area (Å²) in [5.41, 5.74) is 3.58. The largest absolute Gasteiger partial charge is 0.354 e. The molecule has 5 heteroatoms. The fourth-order valence-corrected chi connectivity index (χ4v) is 4.06. The Balaban J connectivity index is 1.36. The van der Waals surface area contributed by atoms with Crippen molar-refractivity contribution in [2.24, 2.45) is 0 Å². The van der Waals surface area contributed by atoms with Gasteiger partial charge in [-0.2, -0.15) is 0 Å². The number of carbonyl (C=O) groups is 2. The summed E-state index contributed by atoms with van der Waals surface area (Å²) in [5, 5.41) is 3.03. The Bertz CT molecular complexity index is 1020. The first-order valence-electron chi connectivity index (χ1n) is 10.9. The molecule has 3 aromatic rings. The van der Waals surface area contributed by atoms with Gasteiger partial charge in [-0.3, -0.25) is 14.6 Å². The number of hydrogen-bond donors (Lipinski definition) is 1. The van der Waals surface area contributed by atoms with Gasteiger partial charge in [-0.1, -0.05) is 48.5 Å². The van der Waals surface area contributed by atoms with Crippen LogP contribution in [0.4, 0.5) is 0 Å². The van der Waals surface area contributed by atoms with E-state index in [1.165, 1.54) is 5.56 Å². The molecule has 4 rings (SSSR count). The Morgan fingerprint density at radius 3 is 2.65 bits per heavy atom. The molecule has 0 aliphatic carbocycles. The van der Waals surface area contributed by atoms with Crippen LogP contribution in [0.3, 0.4) is 0 Å². The van der Waals surface area contributed by atoms with Gasteiger partial charge in [0.15, 0.2) is 0 Å². The summed E-state index contributed by atoms with van der Waals surface area (Å²) in [5.74, 6) is -0.153. The molecule has 1 aromatic heterocycles. The first-order chi connectivity index (χ1) is 15.2. The Hall–Kier alpha value is -3.47. The number of likely N-dealkylation sites (tertiary alicyclic amines) is 1. The molecule has 1 unspecified atom stereocenters. The maximum Gasteiger partial charge on any atom is 0.254 e. The van der Waals surface area contributed by atoms with Crippen LogP contribution >= 0.6 is 0 Å². The van der Waals surface area contributed by atoms with E-state index in [2.05, 4.69) is 22.4 Å². The number of nitrogens with zero attached hydrogens (tertiary/aromatic N) is 2. The van der Waals surface area contributed by atoms with Crippen LogP contribution in [-0.4, -0.2) is 40.8 Å². The number of aromatic nitrogens is 1. The highest BCUT2D eigenvalue weighted by molar-refractivity contribution is 5.98. The normalized spacial score (nSPS) is 15.6. The van der Waals surface area contributed by atoms with Crippen molar-refractivity contribution in [3.63, 3.8) is 0 Å². The minimum absolute atomic E-state index is 0.0557. The molecule has 5 nitrogen and oxygen atoms in total. The van der Waals surface area contributed by atoms with E-state index in [1.54, 1.807) is 11.1 Å². The molecule has 2 amide bonds. The number of amides is 2. The quantitative estimate of drug-likeness (QED) is 0.593. The highest BCUT2D eigenvalue weighted by Gasteiger charge is 2.34. The van der Waals surface area contributed by atoms with Gasteiger partial charge >= 0.3 is 0 Å². The van der Waals surface area contributed by atoms with E-state index in [-0.39, 0.29) is 11.8 Å². The van der Waals surface area contributed by atoms with Gasteiger partial charge in [-0.05, 0) is 55.5 Å². The second kappa shape index (κ2) is 10.0. The molecule has 2 aromatic carbocycles. The van der Waals surface area contributed by atoms with Crippen LogP contribution in [0.15, 0.2) is 79.0 Å². The summed E-state index contributed by atoms with van der Waals surface area (Å²) in [6.07, 6.45) is 5.09. The van der Waals surface area contributed by atoms with Gasteiger partial charge in [0.2, 0.25) is 5.91 Å². The Kier molecular flexibility index (Phi) is 6.72. The van der Waals surface area contributed by atoms with Crippen molar-refractivity contribution in [2.75, 3.05) is 13.1 Å². The van der Waals surface area contributed by atoms with Crippen molar-refractivity contribution in [2.45, 2.75) is 31.7 Å². The SMILES string of the molecule is O=C(NCCCc1ccccc1)C1CCCN1C(=O)c1cccc(-c2ccccn2)c1. The van der Waals surface area contributed by atoms with Crippen LogP contribution < -0.4 is 5.32 Å². The van der Waals surface area contributed by atoms with Crippen molar-refractivity contribution < 1.29 is 9.59 Å². The number of hydrogen-bond acceptors (Lipinski definition) is 3. The number of rotatable bonds is 7. The third-order valence-corrected chi connectivity index (χ3v) is 5.67. The maximum absolute atomic E-state index is 13.2. The van der Waals surface area contributed by atoms with Gasteiger partial charge in [0.05, 0.1) is 5.69 Å². The predicted octanol–water partition coefficient (Wildman–Crippen LogP) is 4.10. The van der Waals surface area contributed by atoms with Crippen LogP contribution in [0.1, 0.15) is 35.2 Å². The highest BCUT2D eigenvalue weighted by atomic mass is 16.2. The summed E-state index contributed by atoms with van der Waals surface area (Å²) in [6, 6.07) is 23.0. The third-order valence-electron chi connectivity index (χ3n) is 5.67. The van der Waals surface area contributed by atoms with Crippen LogP contribution in [0, 0.1) is 0 Å². The molecule has 158 valence electrons. The number of benzene rings is 2. The molecule has 1 N–H and O–H groups in total. The lowest BCUT2D eigenvalue weighted by atomic mass is 10.1. The summed E-state index contributed by atoms with van der Waals surface area (Å²) >= 11 is 0. The molecule has 0 radical (unpaired) electrons. The molecular formula is C26H27N3O2. The van der Waals surface area contributed by atoms with Crippen molar-refractivity contribution in [1.82, 2.24) is 15.2 Å². The zero-order valence-corrected chi connectivity index (χ0v) is 17.5. The van der Waals surface area contributed by atoms with Gasteiger partial charge < -0.3 is 10.2 Å². The standard InChI is InChI=1S/C26H27N3O2/c30-25(28-17-7-11-20-9-2-1-3-10-20)24-15-8-18-29(24)26(31)22-13-6-12-21(19-22)23-14-4-5-16-27-23/h1-6,9-10,12-14,16,19,24H,7-8,11,15,17-18H2,(H,28,30). The average Bonchev–Trinajstić information content (AvgIpc) is 3.33. The number of pyridine rings is 1. The van der Waals surface area contributed by atoms with Gasteiger partial charge in [0, 0.05) is 30.4 Å². The first kappa shape index (κ1) is 20.8. The topological polar surface area (TPSA) is 62.3 Å². The zero-order valence-electron chi connectivity index (χ0n) is 17.5. The maximum atomic E-state index is 13.2. The lowest BCUT2D eigenvalue weighted by molar-refractivity contribution is -0.124. The van der Waals surface area contributed by atoms with E-state index in [9.17, 15) is 9.59 Å². The molecule has 0 bridgehead atoms. The fourth-order valence-electron chi connectivity index (χ4n) is 4.06. The summed E-state index contributed by atoms with van der Waals surface area (Å²) < 4.78 is 0. The first-order valence-corrected chi connectivity index (χ1v) is 10.9. The van der Waals surface area contributed by atoms with E-state index >= 15 is 0 Å². The second-order valence-electron chi connectivity index (χ2n) is 7.83. The molecule has 31 heavy (non-hydrogen) atoms. The van der Waals surface area contributed by atoms with Gasteiger partial charge in [-0.25, -0.2) is 0 Å². The minimum Gasteiger partial charge on any atom is -0.354 e. The second-order valence-corrected chi connectivity index (χ2v) is 7.83. The van der Waals surface area contributed by atoms with Gasteiger partial charge in [-0.15, -0.1) is 0 Å². The lowest BCUT2D eigenvalue weighted by Crippen LogP contribution is -2.46. The molecule has 1 saturated heterocycles. The third kappa shape index (κ3) is 5.18. The minimum atomic E-state index is -0.400. The van der Waals surface area contributed by atoms with Crippen molar-refractivity contribution in [3.8, 4) is 11.3 Å². The van der Waals surface area contributed by atoms with E-state index in [4.69, 9.17) is 0 Å². The smallest absolute Gasteiger partial charge is 0.254 e. The van der Waals surface area contributed by atoms with Crippen LogP contribution in [0.5, 0.6) is 0 Å². The number of aryl methyl sites for hydroxylation is 1. The zero-order chi connectivity index (χ0) is 21.5. The predicted molar refractivity (Wildman–Crippen MR) is 122 cm³/mol. The van der Waals surface area contributed by atoms with E-state index < -0.39 is 6.04 Å². The van der Waals surface area contributed by atoms with Crippen LogP contribution in [-0.2, 0) is 11.2 Å². The van der Waals surface area contributed by atoms with E-state index in [0.29, 0.717) is 25.1 Å². The van der Waals surface area contributed by atoms with Gasteiger partial charge in [0.25, 0.3) is 5.91 Å². The molecule has 1 fully saturated rings. The average molecular weight is 414 g/mol. The molecule has 2 heterocycles. The summed E-state index contributed by atoms with van der Waals surface area (Å²) in [6.45, 7) is 1.22. The molecule has 1 aliphatic heterocycles. The summed E-state index contributed by atoms with van der Waals surface area (Å²) in [7, 11) is 0. The molecule has 1 aliphatic rings. The Morgan fingerprint density at radius 1 is 1.00 bits per heavy atom. The van der Waals surface area contributed by atoms with E-state index in [1.807, 2.05) is 60.7 Å². The summed E-state index contributed by atoms with van der Waals surface area (Å²) in [4.78, 5) is 32.0. The van der Waals surface area contributed by atoms with Crippen molar-refractivity contribution >= 4 is 11.8 Å². The van der Waals surface area contributed by atoms with Crippen LogP contribution in [0.2, 0.25) is 0 Å². The van der Waals surface area contributed by atoms with Crippen molar-refractivity contribution in [3.05, 3.63) is 90.1 Å². The monoisotopic (exact) mass is 413 g/mol. The highest BCUT2D eigenvalue weighted by Crippen LogP contribution is 2.23. The molecule has 0 spiro atoms. The number of nitrogens with one attached hydrogen (secondary N) is 1. The molecule has 1 atom stereocenters. The lowest BCUT2D eigenvalue weighted by Gasteiger charge is -2.24. The number of carbonyl (C=O) groups excluding carboxylic acids is 2. The Morgan fingerprint density at radius 2 is 1.84 bits per heavy atom. The molecule has 0 saturated carbocycles. The van der Waals surface area contributed by atoms with E-state index in [0.717, 1.165) is 30.5 Å². The fraction of sp³-hybridized carbons (Fsp3) is 0.269. The molecular weight excluding hydrogens is 386 g/mol. The van der Waals surface area contributed by atoms with Crippen molar-refractivity contribution in [1.29, 1.82) is 0 Å². The Labute approximate surface area is 183 Å².